The van der Waals surface area contributed by atoms with Crippen LogP contribution in [-0.4, -0.2) is 45.8 Å². The fourth-order valence-corrected chi connectivity index (χ4v) is 4.50. The second kappa shape index (κ2) is 7.92. The number of allylic oxidation sites excluding steroid dienone is 2. The number of hydrogen-bond donors (Lipinski definition) is 0. The van der Waals surface area contributed by atoms with Crippen molar-refractivity contribution in [3.63, 3.8) is 0 Å². The van der Waals surface area contributed by atoms with Crippen LogP contribution in [0.3, 0.4) is 0 Å². The monoisotopic (exact) mass is 381 g/mol. The van der Waals surface area contributed by atoms with Gasteiger partial charge in [0, 0.05) is 28.9 Å². The Hall–Kier alpha value is 0.591. The summed E-state index contributed by atoms with van der Waals surface area (Å²) in [6.45, 7) is 14.1. The summed E-state index contributed by atoms with van der Waals surface area (Å²) >= 11 is -0.556. The van der Waals surface area contributed by atoms with Gasteiger partial charge in [0.15, 0.2) is 0 Å². The van der Waals surface area contributed by atoms with Crippen LogP contribution in [0.4, 0.5) is 0 Å². The van der Waals surface area contributed by atoms with Crippen LogP contribution in [0.25, 0.3) is 0 Å². The number of rotatable bonds is 1. The van der Waals surface area contributed by atoms with Gasteiger partial charge in [-0.1, -0.05) is 50.8 Å². The zero-order valence-corrected chi connectivity index (χ0v) is 18.4. The summed E-state index contributed by atoms with van der Waals surface area (Å²) < 4.78 is 0. The molecule has 2 aliphatic rings. The third-order valence-electron chi connectivity index (χ3n) is 4.05. The van der Waals surface area contributed by atoms with Gasteiger partial charge >= 0.3 is 35.6 Å². The van der Waals surface area contributed by atoms with Crippen molar-refractivity contribution in [2.75, 3.05) is 27.2 Å². The van der Waals surface area contributed by atoms with Gasteiger partial charge in [-0.05, 0) is 12.5 Å². The van der Waals surface area contributed by atoms with E-state index >= 15 is 0 Å². The van der Waals surface area contributed by atoms with Gasteiger partial charge in [-0.25, -0.2) is 0 Å². The average molecular weight is 382 g/mol. The first-order valence-corrected chi connectivity index (χ1v) is 14.7. The van der Waals surface area contributed by atoms with E-state index in [0.717, 1.165) is 13.1 Å². The van der Waals surface area contributed by atoms with Gasteiger partial charge in [-0.2, -0.15) is 5.57 Å². The van der Waals surface area contributed by atoms with Crippen molar-refractivity contribution in [2.45, 2.75) is 39.4 Å². The molecule has 1 unspecified atom stereocenters. The van der Waals surface area contributed by atoms with Crippen LogP contribution in [0.15, 0.2) is 17.0 Å². The van der Waals surface area contributed by atoms with Gasteiger partial charge in [0.2, 0.25) is 0 Å². The quantitative estimate of drug-likeness (QED) is 0.498. The van der Waals surface area contributed by atoms with Gasteiger partial charge < -0.3 is 9.80 Å². The molecular weight excluding hydrogens is 355 g/mol. The fourth-order valence-electron chi connectivity index (χ4n) is 2.96. The van der Waals surface area contributed by atoms with Crippen LogP contribution in [0.5, 0.6) is 0 Å². The van der Waals surface area contributed by atoms with Crippen molar-refractivity contribution in [3.05, 3.63) is 23.0 Å². The molecule has 0 N–H and O–H groups in total. The van der Waals surface area contributed by atoms with E-state index in [-0.39, 0.29) is 5.41 Å². The van der Waals surface area contributed by atoms with Crippen molar-refractivity contribution in [2.24, 2.45) is 5.41 Å². The van der Waals surface area contributed by atoms with Crippen LogP contribution in [0, 0.1) is 11.5 Å². The van der Waals surface area contributed by atoms with E-state index < -0.39 is 25.8 Å². The third kappa shape index (κ3) is 4.54. The Bertz CT molecular complexity index is 430. The van der Waals surface area contributed by atoms with Crippen LogP contribution >= 0.6 is 18.6 Å². The molecule has 1 heterocycles. The minimum absolute atomic E-state index is 0.199. The first kappa shape index (κ1) is 19.6. The molecule has 120 valence electrons. The molecule has 0 saturated carbocycles. The molecule has 0 spiro atoms. The van der Waals surface area contributed by atoms with Crippen molar-refractivity contribution in [1.29, 1.82) is 0 Å². The molecule has 2 rings (SSSR count). The molecule has 0 aromatic carbocycles. The van der Waals surface area contributed by atoms with Crippen molar-refractivity contribution in [3.8, 4) is 0 Å². The molecule has 0 fully saturated rings. The second-order valence-electron chi connectivity index (χ2n) is 7.14. The first-order valence-electron chi connectivity index (χ1n) is 7.42. The second-order valence-corrected chi connectivity index (χ2v) is 12.9. The average Bonchev–Trinajstić information content (AvgIpc) is 2.76. The Balaban J connectivity index is 0.000000677. The third-order valence-corrected chi connectivity index (χ3v) is 5.87. The molecule has 2 nitrogen and oxygen atoms in total. The molecule has 1 aliphatic heterocycles. The minimum atomic E-state index is -0.751. The van der Waals surface area contributed by atoms with Gasteiger partial charge in [-0.15, -0.1) is 0 Å². The zero-order chi connectivity index (χ0) is 16.4. The molecule has 6 heteroatoms. The number of nitrogens with zero attached hydrogens (tertiary/aromatic N) is 2. The molecule has 0 saturated heterocycles. The Labute approximate surface area is 148 Å². The summed E-state index contributed by atoms with van der Waals surface area (Å²) in [6, 6.07) is 0. The standard InChI is InChI=1S/C15H27N2Si.2ClH.Ti/c1-15(2,3)11-10-12(18(6)7)14-13(11)16(4)8-9-17(14)5;;;/h12,18H,8-9H2,1-7H3;2*1H;/q-1;;;+2/p-2. The molecule has 0 radical (unpaired) electrons. The first-order chi connectivity index (χ1) is 9.65. The molecule has 1 atom stereocenters. The summed E-state index contributed by atoms with van der Waals surface area (Å²) in [7, 11) is 13.5. The molecule has 0 aromatic rings. The molecule has 0 bridgehead atoms. The van der Waals surface area contributed by atoms with E-state index in [0.29, 0.717) is 5.54 Å². The Morgan fingerprint density at radius 2 is 1.62 bits per heavy atom. The van der Waals surface area contributed by atoms with Crippen LogP contribution in [0.2, 0.25) is 18.6 Å². The van der Waals surface area contributed by atoms with E-state index in [1.54, 1.807) is 5.70 Å². The zero-order valence-electron chi connectivity index (χ0n) is 14.2. The van der Waals surface area contributed by atoms with Crippen molar-refractivity contribution < 1.29 is 17.0 Å². The SMILES string of the molecule is CN1CCN(C)C2=C1C(C(C)(C)C)=[C-]C2[SiH](C)C.[Cl][Ti][Cl]. The summed E-state index contributed by atoms with van der Waals surface area (Å²) in [5.41, 5.74) is 5.27. The molecule has 0 aromatic heterocycles. The van der Waals surface area contributed by atoms with E-state index in [9.17, 15) is 0 Å². The summed E-state index contributed by atoms with van der Waals surface area (Å²) in [5, 5.41) is 0. The number of hydrogen-bond acceptors (Lipinski definition) is 2. The normalized spacial score (nSPS) is 22.0. The van der Waals surface area contributed by atoms with E-state index in [1.165, 1.54) is 11.3 Å². The molecule has 1 aliphatic carbocycles. The van der Waals surface area contributed by atoms with Crippen LogP contribution < -0.4 is 0 Å². The van der Waals surface area contributed by atoms with E-state index in [4.69, 9.17) is 18.6 Å². The van der Waals surface area contributed by atoms with Gasteiger partial charge in [0.25, 0.3) is 0 Å². The Kier molecular flexibility index (Phi) is 7.41. The fraction of sp³-hybridized carbons (Fsp3) is 0.733. The van der Waals surface area contributed by atoms with Gasteiger partial charge in [0.05, 0.1) is 0 Å². The predicted molar refractivity (Wildman–Crippen MR) is 92.8 cm³/mol. The molecule has 21 heavy (non-hydrogen) atoms. The maximum absolute atomic E-state index is 4.89. The number of likely N-dealkylation sites (N-methyl/N-ethyl adjacent to an activating group) is 2. The van der Waals surface area contributed by atoms with Gasteiger partial charge in [0.1, 0.15) is 0 Å². The Morgan fingerprint density at radius 3 is 2.05 bits per heavy atom. The molecular formula is C15H27Cl2N2SiTi-. The van der Waals surface area contributed by atoms with Crippen molar-refractivity contribution >= 4 is 27.4 Å². The summed E-state index contributed by atoms with van der Waals surface area (Å²) in [5.74, 6) is 0. The van der Waals surface area contributed by atoms with Crippen LogP contribution in [0.1, 0.15) is 20.8 Å². The van der Waals surface area contributed by atoms with E-state index in [1.807, 2.05) is 0 Å². The summed E-state index contributed by atoms with van der Waals surface area (Å²) in [6.07, 6.45) is 3.85. The van der Waals surface area contributed by atoms with Crippen molar-refractivity contribution in [1.82, 2.24) is 9.80 Å². The van der Waals surface area contributed by atoms with E-state index in [2.05, 4.69) is 63.8 Å². The summed E-state index contributed by atoms with van der Waals surface area (Å²) in [4.78, 5) is 4.92. The molecule has 0 amide bonds. The predicted octanol–water partition coefficient (Wildman–Crippen LogP) is 4.10. The maximum atomic E-state index is 4.89. The number of halogens is 2. The van der Waals surface area contributed by atoms with Gasteiger partial charge in [-0.3, -0.25) is 6.08 Å². The topological polar surface area (TPSA) is 6.48 Å². The Morgan fingerprint density at radius 1 is 1.14 bits per heavy atom. The van der Waals surface area contributed by atoms with Crippen LogP contribution in [-0.2, 0) is 17.0 Å².